The van der Waals surface area contributed by atoms with Crippen LogP contribution in [-0.2, 0) is 24.3 Å². The van der Waals surface area contributed by atoms with E-state index >= 15 is 0 Å². The van der Waals surface area contributed by atoms with Crippen LogP contribution in [0.4, 0.5) is 4.39 Å². The average molecular weight is 379 g/mol. The number of nitrogens with zero attached hydrogens (tertiary/aromatic N) is 4. The van der Waals surface area contributed by atoms with Crippen LogP contribution in [0.5, 0.6) is 0 Å². The average Bonchev–Trinajstić information content (AvgIpc) is 3.22. The topological polar surface area (TPSA) is 63.1 Å². The van der Waals surface area contributed by atoms with Crippen LogP contribution in [0.15, 0.2) is 55.1 Å². The molecule has 0 fully saturated rings. The minimum Gasteiger partial charge on any atom is -0.355 e. The van der Waals surface area contributed by atoms with Crippen molar-refractivity contribution in [3.63, 3.8) is 0 Å². The Morgan fingerprint density at radius 2 is 2.07 bits per heavy atom. The molecular formula is C21H22FN5O. The molecular weight excluding hydrogens is 357 g/mol. The number of benzene rings is 2. The molecule has 0 radical (unpaired) electrons. The maximum atomic E-state index is 14.6. The molecule has 3 aromatic rings. The lowest BCUT2D eigenvalue weighted by Gasteiger charge is -2.36. The highest BCUT2D eigenvalue weighted by Gasteiger charge is 2.31. The van der Waals surface area contributed by atoms with Crippen LogP contribution in [-0.4, -0.2) is 38.2 Å². The Balaban J connectivity index is 1.59. The van der Waals surface area contributed by atoms with Gasteiger partial charge in [0.1, 0.15) is 24.2 Å². The summed E-state index contributed by atoms with van der Waals surface area (Å²) < 4.78 is 16.0. The van der Waals surface area contributed by atoms with Crippen LogP contribution in [0.25, 0.3) is 5.69 Å². The van der Waals surface area contributed by atoms with Gasteiger partial charge in [-0.1, -0.05) is 30.3 Å². The van der Waals surface area contributed by atoms with Crippen LogP contribution in [0.1, 0.15) is 23.6 Å². The first-order chi connectivity index (χ1) is 13.7. The van der Waals surface area contributed by atoms with Gasteiger partial charge in [-0.3, -0.25) is 9.69 Å². The Bertz CT molecular complexity index is 973. The van der Waals surface area contributed by atoms with Crippen LogP contribution in [0.3, 0.4) is 0 Å². The number of nitrogens with one attached hydrogen (secondary N) is 1. The first-order valence-corrected chi connectivity index (χ1v) is 9.37. The van der Waals surface area contributed by atoms with Crippen LogP contribution in [0.2, 0.25) is 0 Å². The van der Waals surface area contributed by atoms with E-state index in [1.54, 1.807) is 6.07 Å². The maximum Gasteiger partial charge on any atom is 0.237 e. The minimum absolute atomic E-state index is 0.0108. The van der Waals surface area contributed by atoms with E-state index in [9.17, 15) is 9.18 Å². The lowest BCUT2D eigenvalue weighted by molar-refractivity contribution is -0.127. The van der Waals surface area contributed by atoms with Gasteiger partial charge in [0.15, 0.2) is 0 Å². The fraction of sp³-hybridized carbons (Fsp3) is 0.286. The molecule has 1 atom stereocenters. The molecule has 28 heavy (non-hydrogen) atoms. The second-order valence-corrected chi connectivity index (χ2v) is 6.91. The number of likely N-dealkylation sites (N-methyl/N-ethyl adjacent to an activating group) is 1. The summed E-state index contributed by atoms with van der Waals surface area (Å²) in [6.07, 6.45) is 3.49. The fourth-order valence-electron chi connectivity index (χ4n) is 3.70. The van der Waals surface area contributed by atoms with Crippen LogP contribution < -0.4 is 5.32 Å². The van der Waals surface area contributed by atoms with Gasteiger partial charge < -0.3 is 5.32 Å². The van der Waals surface area contributed by atoms with Gasteiger partial charge in [-0.15, -0.1) is 0 Å². The molecule has 1 N–H and O–H groups in total. The zero-order chi connectivity index (χ0) is 19.5. The standard InChI is InChI=1S/C21H22FN5O/c1-2-24-21(28)20-10-16-5-3-4-6-17(16)12-26(20)11-15-7-8-19(18(22)9-15)27-14-23-13-25-27/h3-9,13-14,20H,2,10-12H2,1H3,(H,24,28)/t20-/m1/s1. The molecule has 1 amide bonds. The summed E-state index contributed by atoms with van der Waals surface area (Å²) in [5.74, 6) is -0.355. The normalized spacial score (nSPS) is 16.6. The van der Waals surface area contributed by atoms with E-state index in [0.29, 0.717) is 31.7 Å². The highest BCUT2D eigenvalue weighted by molar-refractivity contribution is 5.82. The Hall–Kier alpha value is -3.06. The fourth-order valence-corrected chi connectivity index (χ4v) is 3.70. The molecule has 4 rings (SSSR count). The minimum atomic E-state index is -0.366. The van der Waals surface area contributed by atoms with Crippen molar-refractivity contribution in [3.05, 3.63) is 77.6 Å². The zero-order valence-corrected chi connectivity index (χ0v) is 15.7. The van der Waals surface area contributed by atoms with Gasteiger partial charge >= 0.3 is 0 Å². The van der Waals surface area contributed by atoms with E-state index in [1.165, 1.54) is 34.5 Å². The van der Waals surface area contributed by atoms with Crippen molar-refractivity contribution >= 4 is 5.91 Å². The van der Waals surface area contributed by atoms with Gasteiger partial charge in [0.2, 0.25) is 5.91 Å². The molecule has 1 aliphatic rings. The van der Waals surface area contributed by atoms with Crippen molar-refractivity contribution in [2.45, 2.75) is 32.5 Å². The summed E-state index contributed by atoms with van der Waals surface area (Å²) >= 11 is 0. The summed E-state index contributed by atoms with van der Waals surface area (Å²) in [6.45, 7) is 3.65. The highest BCUT2D eigenvalue weighted by atomic mass is 19.1. The van der Waals surface area contributed by atoms with E-state index in [4.69, 9.17) is 0 Å². The van der Waals surface area contributed by atoms with Gasteiger partial charge in [0, 0.05) is 19.6 Å². The molecule has 6 nitrogen and oxygen atoms in total. The molecule has 0 spiro atoms. The molecule has 2 heterocycles. The molecule has 0 unspecified atom stereocenters. The van der Waals surface area contributed by atoms with E-state index < -0.39 is 0 Å². The molecule has 144 valence electrons. The summed E-state index contributed by atoms with van der Waals surface area (Å²) in [5, 5.41) is 6.90. The summed E-state index contributed by atoms with van der Waals surface area (Å²) in [6, 6.07) is 13.0. The predicted molar refractivity (Wildman–Crippen MR) is 103 cm³/mol. The Labute approximate surface area is 163 Å². The Morgan fingerprint density at radius 3 is 2.79 bits per heavy atom. The third kappa shape index (κ3) is 3.66. The second-order valence-electron chi connectivity index (χ2n) is 6.91. The number of amides is 1. The molecule has 0 saturated carbocycles. The molecule has 0 aliphatic carbocycles. The SMILES string of the molecule is CCNC(=O)[C@H]1Cc2ccccc2CN1Cc1ccc(-n2cncn2)c(F)c1. The first-order valence-electron chi connectivity index (χ1n) is 9.37. The number of hydrogen-bond acceptors (Lipinski definition) is 4. The van der Waals surface area contributed by atoms with Crippen molar-refractivity contribution in [2.75, 3.05) is 6.54 Å². The summed E-state index contributed by atoms with van der Waals surface area (Å²) in [5.41, 5.74) is 3.58. The Morgan fingerprint density at radius 1 is 1.25 bits per heavy atom. The summed E-state index contributed by atoms with van der Waals surface area (Å²) in [4.78, 5) is 18.6. The van der Waals surface area contributed by atoms with Gasteiger partial charge in [0.25, 0.3) is 0 Å². The largest absolute Gasteiger partial charge is 0.355 e. The van der Waals surface area contributed by atoms with E-state index in [2.05, 4.69) is 32.4 Å². The van der Waals surface area contributed by atoms with E-state index in [-0.39, 0.29) is 17.8 Å². The van der Waals surface area contributed by atoms with Crippen molar-refractivity contribution in [1.82, 2.24) is 25.0 Å². The number of halogens is 1. The van der Waals surface area contributed by atoms with Gasteiger partial charge in [-0.05, 0) is 42.2 Å². The quantitative estimate of drug-likeness (QED) is 0.740. The third-order valence-corrected chi connectivity index (χ3v) is 5.06. The Kier molecular flexibility index (Phi) is 5.16. The second kappa shape index (κ2) is 7.90. The van der Waals surface area contributed by atoms with Gasteiger partial charge in [-0.25, -0.2) is 14.1 Å². The van der Waals surface area contributed by atoms with Gasteiger partial charge in [-0.2, -0.15) is 5.10 Å². The molecule has 0 bridgehead atoms. The lowest BCUT2D eigenvalue weighted by Crippen LogP contribution is -2.49. The zero-order valence-electron chi connectivity index (χ0n) is 15.7. The monoisotopic (exact) mass is 379 g/mol. The number of hydrogen-bond donors (Lipinski definition) is 1. The van der Waals surface area contributed by atoms with Crippen molar-refractivity contribution < 1.29 is 9.18 Å². The summed E-state index contributed by atoms with van der Waals surface area (Å²) in [7, 11) is 0. The molecule has 2 aromatic carbocycles. The van der Waals surface area contributed by atoms with Crippen molar-refractivity contribution in [1.29, 1.82) is 0 Å². The molecule has 1 aromatic heterocycles. The van der Waals surface area contributed by atoms with Crippen molar-refractivity contribution in [2.24, 2.45) is 0 Å². The van der Waals surface area contributed by atoms with Crippen LogP contribution in [0, 0.1) is 5.82 Å². The van der Waals surface area contributed by atoms with E-state index in [0.717, 1.165) is 5.56 Å². The number of aromatic nitrogens is 3. The first kappa shape index (κ1) is 18.3. The van der Waals surface area contributed by atoms with Gasteiger partial charge in [0.05, 0.1) is 6.04 Å². The predicted octanol–water partition coefficient (Wildman–Crippen LogP) is 2.47. The maximum absolute atomic E-state index is 14.6. The number of fused-ring (bicyclic) bond motifs is 1. The van der Waals surface area contributed by atoms with Crippen molar-refractivity contribution in [3.8, 4) is 5.69 Å². The smallest absolute Gasteiger partial charge is 0.237 e. The number of carbonyl (C=O) groups excluding carboxylic acids is 1. The highest BCUT2D eigenvalue weighted by Crippen LogP contribution is 2.26. The third-order valence-electron chi connectivity index (χ3n) is 5.06. The number of rotatable bonds is 5. The molecule has 0 saturated heterocycles. The van der Waals surface area contributed by atoms with E-state index in [1.807, 2.05) is 25.1 Å². The van der Waals surface area contributed by atoms with Crippen LogP contribution >= 0.6 is 0 Å². The number of carbonyl (C=O) groups is 1. The molecule has 7 heteroatoms. The lowest BCUT2D eigenvalue weighted by atomic mass is 9.93. The molecule has 1 aliphatic heterocycles.